The van der Waals surface area contributed by atoms with Crippen LogP contribution >= 0.6 is 0 Å². The number of H-pyrrole nitrogens is 1. The summed E-state index contributed by atoms with van der Waals surface area (Å²) >= 11 is 0. The molecule has 1 aliphatic heterocycles. The second kappa shape index (κ2) is 10.6. The van der Waals surface area contributed by atoms with Crippen LogP contribution in [0.5, 0.6) is 0 Å². The lowest BCUT2D eigenvalue weighted by Gasteiger charge is -2.39. The molecular weight excluding hydrogens is 499 g/mol. The van der Waals surface area contributed by atoms with Gasteiger partial charge < -0.3 is 9.88 Å². The fourth-order valence-electron chi connectivity index (χ4n) is 4.69. The number of halogens is 3. The molecule has 0 aromatic carbocycles. The molecule has 1 amide bonds. The van der Waals surface area contributed by atoms with Crippen molar-refractivity contribution in [2.75, 3.05) is 26.2 Å². The van der Waals surface area contributed by atoms with E-state index in [9.17, 15) is 23.2 Å². The van der Waals surface area contributed by atoms with Crippen molar-refractivity contribution in [2.24, 2.45) is 0 Å². The summed E-state index contributed by atoms with van der Waals surface area (Å²) in [6, 6.07) is 7.44. The van der Waals surface area contributed by atoms with Crippen molar-refractivity contribution in [3.05, 3.63) is 60.6 Å². The van der Waals surface area contributed by atoms with Gasteiger partial charge in [0, 0.05) is 62.0 Å². The number of nitrogens with one attached hydrogen (secondary N) is 1. The highest BCUT2D eigenvalue weighted by Crippen LogP contribution is 2.28. The van der Waals surface area contributed by atoms with Crippen LogP contribution in [0, 0.1) is 11.3 Å². The van der Waals surface area contributed by atoms with Gasteiger partial charge in [-0.05, 0) is 24.6 Å². The Kier molecular flexibility index (Phi) is 7.06. The maximum Gasteiger partial charge on any atom is 0.433 e. The van der Waals surface area contributed by atoms with Gasteiger partial charge in [-0.3, -0.25) is 14.4 Å². The number of amides is 1. The topological polar surface area (TPSA) is 120 Å². The number of alkyl halides is 3. The van der Waals surface area contributed by atoms with Crippen molar-refractivity contribution >= 4 is 16.9 Å². The van der Waals surface area contributed by atoms with Gasteiger partial charge >= 0.3 is 6.18 Å². The van der Waals surface area contributed by atoms with Crippen LogP contribution in [-0.4, -0.2) is 77.6 Å². The zero-order valence-corrected chi connectivity index (χ0v) is 20.3. The first kappa shape index (κ1) is 25.3. The normalized spacial score (nSPS) is 15.5. The number of nitriles is 1. The Morgan fingerprint density at radius 1 is 1.16 bits per heavy atom. The highest BCUT2D eigenvalue weighted by atomic mass is 19.4. The monoisotopic (exact) mass is 523 g/mol. The molecule has 196 valence electrons. The lowest BCUT2D eigenvalue weighted by Crippen LogP contribution is -2.53. The number of hydrogen-bond donors (Lipinski definition) is 1. The van der Waals surface area contributed by atoms with E-state index in [1.165, 1.54) is 23.4 Å². The van der Waals surface area contributed by atoms with Crippen LogP contribution in [0.25, 0.3) is 22.3 Å². The van der Waals surface area contributed by atoms with Crippen molar-refractivity contribution in [1.82, 2.24) is 39.5 Å². The Labute approximate surface area is 215 Å². The van der Waals surface area contributed by atoms with Crippen molar-refractivity contribution in [3.63, 3.8) is 0 Å². The minimum Gasteiger partial charge on any atom is -0.346 e. The third-order valence-corrected chi connectivity index (χ3v) is 6.62. The molecule has 1 saturated heterocycles. The van der Waals surface area contributed by atoms with Crippen molar-refractivity contribution < 1.29 is 18.0 Å². The van der Waals surface area contributed by atoms with Crippen LogP contribution in [0.1, 0.15) is 29.0 Å². The second-order valence-electron chi connectivity index (χ2n) is 9.00. The number of fused-ring (bicyclic) bond motifs is 1. The van der Waals surface area contributed by atoms with E-state index in [0.717, 1.165) is 28.4 Å². The average Bonchev–Trinajstić information content (AvgIpc) is 3.60. The number of hydrogen-bond acceptors (Lipinski definition) is 7. The third kappa shape index (κ3) is 5.35. The third-order valence-electron chi connectivity index (χ3n) is 6.62. The van der Waals surface area contributed by atoms with Crippen molar-refractivity contribution in [1.29, 1.82) is 5.26 Å². The van der Waals surface area contributed by atoms with E-state index in [-0.39, 0.29) is 11.7 Å². The molecule has 5 rings (SSSR count). The minimum absolute atomic E-state index is 0.0102. The van der Waals surface area contributed by atoms with E-state index in [0.29, 0.717) is 45.6 Å². The molecule has 1 aliphatic rings. The van der Waals surface area contributed by atoms with Crippen LogP contribution < -0.4 is 0 Å². The number of aromatic amines is 1. The first-order chi connectivity index (χ1) is 18.3. The highest BCUT2D eigenvalue weighted by molar-refractivity contribution is 5.92. The molecule has 4 aromatic heterocycles. The standard InChI is InChI=1S/C25H24F3N9O/c26-25(27,28)21-5-1-4-20(34-21)24(38)36-11-9-35(10-12-36)18(3-2-7-29)15-37-14-17(13-33-37)22-19-6-8-30-23(19)32-16-31-22/h1,4-6,8,13-14,16,18H,2-3,9-12,15H2,(H,30,31,32)/t18-/m0/s1. The van der Waals surface area contributed by atoms with Gasteiger partial charge in [-0.2, -0.15) is 23.5 Å². The summed E-state index contributed by atoms with van der Waals surface area (Å²) < 4.78 is 40.9. The molecule has 0 saturated carbocycles. The summed E-state index contributed by atoms with van der Waals surface area (Å²) in [5.41, 5.74) is 1.05. The number of piperazine rings is 1. The fourth-order valence-corrected chi connectivity index (χ4v) is 4.69. The number of nitrogens with zero attached hydrogens (tertiary/aromatic N) is 8. The highest BCUT2D eigenvalue weighted by Gasteiger charge is 2.34. The van der Waals surface area contributed by atoms with Gasteiger partial charge in [-0.25, -0.2) is 15.0 Å². The Bertz CT molecular complexity index is 1460. The van der Waals surface area contributed by atoms with Crippen molar-refractivity contribution in [2.45, 2.75) is 31.6 Å². The van der Waals surface area contributed by atoms with Gasteiger partial charge in [0.05, 0.1) is 24.5 Å². The molecule has 0 aliphatic carbocycles. The first-order valence-electron chi connectivity index (χ1n) is 12.1. The summed E-state index contributed by atoms with van der Waals surface area (Å²) in [4.78, 5) is 31.8. The summed E-state index contributed by atoms with van der Waals surface area (Å²) in [5, 5.41) is 14.6. The predicted octanol–water partition coefficient (Wildman–Crippen LogP) is 3.37. The minimum atomic E-state index is -4.61. The number of pyridine rings is 1. The lowest BCUT2D eigenvalue weighted by atomic mass is 10.1. The van der Waals surface area contributed by atoms with E-state index in [2.05, 4.69) is 36.0 Å². The maximum atomic E-state index is 13.0. The summed E-state index contributed by atoms with van der Waals surface area (Å²) in [6.07, 6.45) is 3.32. The molecule has 4 aromatic rings. The zero-order valence-electron chi connectivity index (χ0n) is 20.3. The molecule has 38 heavy (non-hydrogen) atoms. The van der Waals surface area contributed by atoms with Crippen LogP contribution in [0.3, 0.4) is 0 Å². The Balaban J connectivity index is 1.25. The Hall–Kier alpha value is -4.31. The van der Waals surface area contributed by atoms with Gasteiger partial charge in [0.25, 0.3) is 5.91 Å². The van der Waals surface area contributed by atoms with E-state index < -0.39 is 17.8 Å². The first-order valence-corrected chi connectivity index (χ1v) is 12.1. The zero-order chi connectivity index (χ0) is 26.7. The Morgan fingerprint density at radius 2 is 1.97 bits per heavy atom. The van der Waals surface area contributed by atoms with Crippen LogP contribution in [0.15, 0.2) is 49.2 Å². The quantitative estimate of drug-likeness (QED) is 0.394. The molecule has 0 radical (unpaired) electrons. The second-order valence-corrected chi connectivity index (χ2v) is 9.00. The van der Waals surface area contributed by atoms with Crippen LogP contribution in [0.2, 0.25) is 0 Å². The van der Waals surface area contributed by atoms with Gasteiger partial charge in [-0.15, -0.1) is 0 Å². The molecule has 0 unspecified atom stereocenters. The predicted molar refractivity (Wildman–Crippen MR) is 130 cm³/mol. The molecule has 1 atom stereocenters. The summed E-state index contributed by atoms with van der Waals surface area (Å²) in [6.45, 7) is 2.26. The van der Waals surface area contributed by atoms with Crippen LogP contribution in [0.4, 0.5) is 13.2 Å². The summed E-state index contributed by atoms with van der Waals surface area (Å²) in [7, 11) is 0. The molecular formula is C25H24F3N9O. The largest absolute Gasteiger partial charge is 0.433 e. The SMILES string of the molecule is N#CCC[C@@H](Cn1cc(-c2ncnc3[nH]ccc23)cn1)N1CCN(C(=O)c2cccc(C(F)(F)F)n2)CC1. The molecule has 10 nitrogen and oxygen atoms in total. The van der Waals surface area contributed by atoms with Gasteiger partial charge in [0.2, 0.25) is 0 Å². The summed E-state index contributed by atoms with van der Waals surface area (Å²) in [5.74, 6) is -0.526. The number of rotatable bonds is 7. The molecule has 13 heteroatoms. The van der Waals surface area contributed by atoms with Gasteiger partial charge in [-0.1, -0.05) is 6.07 Å². The average molecular weight is 524 g/mol. The van der Waals surface area contributed by atoms with Gasteiger partial charge in [0.1, 0.15) is 23.4 Å². The van der Waals surface area contributed by atoms with Crippen LogP contribution in [-0.2, 0) is 12.7 Å². The van der Waals surface area contributed by atoms with Gasteiger partial charge in [0.15, 0.2) is 0 Å². The maximum absolute atomic E-state index is 13.0. The molecule has 5 heterocycles. The van der Waals surface area contributed by atoms with E-state index in [1.54, 1.807) is 12.4 Å². The van der Waals surface area contributed by atoms with E-state index in [4.69, 9.17) is 0 Å². The molecule has 1 fully saturated rings. The fraction of sp³-hybridized carbons (Fsp3) is 0.360. The molecule has 0 bridgehead atoms. The molecule has 0 spiro atoms. The number of carbonyl (C=O) groups is 1. The lowest BCUT2D eigenvalue weighted by molar-refractivity contribution is -0.141. The van der Waals surface area contributed by atoms with Crippen molar-refractivity contribution in [3.8, 4) is 17.3 Å². The Morgan fingerprint density at radius 3 is 2.74 bits per heavy atom. The number of aromatic nitrogens is 6. The number of carbonyl (C=O) groups excluding carboxylic acids is 1. The smallest absolute Gasteiger partial charge is 0.346 e. The van der Waals surface area contributed by atoms with E-state index >= 15 is 0 Å². The van der Waals surface area contributed by atoms with E-state index in [1.807, 2.05) is 16.9 Å². The molecule has 1 N–H and O–H groups in total.